The topological polar surface area (TPSA) is 125 Å². The number of H-pyrrole nitrogens is 1. The van der Waals surface area contributed by atoms with Crippen molar-refractivity contribution in [1.29, 1.82) is 0 Å². The van der Waals surface area contributed by atoms with Crippen LogP contribution >= 0.6 is 11.6 Å². The molecule has 2 saturated heterocycles. The smallest absolute Gasteiger partial charge is 0.410 e. The molecular weight excluding hydrogens is 617 g/mol. The summed E-state index contributed by atoms with van der Waals surface area (Å²) >= 11 is 6.30. The van der Waals surface area contributed by atoms with E-state index in [2.05, 4.69) is 10.2 Å². The SMILES string of the molecule is O=C(OCc1ccccc1)N1CCC(C(=O)N2CCN(C(=O)c3cc(Oc4n[nH]c(=O)c5cccc(Cl)c45)ccc3F)CC2)CC1. The van der Waals surface area contributed by atoms with Crippen molar-refractivity contribution >= 4 is 40.3 Å². The molecule has 0 spiro atoms. The van der Waals surface area contributed by atoms with Gasteiger partial charge in [0.25, 0.3) is 11.5 Å². The number of aromatic amines is 1. The minimum atomic E-state index is -0.720. The van der Waals surface area contributed by atoms with E-state index in [0.717, 1.165) is 11.6 Å². The fraction of sp³-hybridized carbons (Fsp3) is 0.303. The molecule has 6 rings (SSSR count). The maximum atomic E-state index is 14.9. The molecule has 0 bridgehead atoms. The molecule has 0 atom stereocenters. The average Bonchev–Trinajstić information content (AvgIpc) is 3.09. The number of halogens is 2. The van der Waals surface area contributed by atoms with Crippen molar-refractivity contribution < 1.29 is 28.2 Å². The van der Waals surface area contributed by atoms with E-state index in [-0.39, 0.29) is 59.1 Å². The van der Waals surface area contributed by atoms with Crippen molar-refractivity contribution in [2.24, 2.45) is 5.92 Å². The molecule has 0 unspecified atom stereocenters. The molecule has 3 aromatic carbocycles. The van der Waals surface area contributed by atoms with E-state index >= 15 is 0 Å². The number of fused-ring (bicyclic) bond motifs is 1. The van der Waals surface area contributed by atoms with Gasteiger partial charge in [0.05, 0.1) is 21.4 Å². The molecule has 13 heteroatoms. The monoisotopic (exact) mass is 647 g/mol. The Labute approximate surface area is 268 Å². The molecule has 11 nitrogen and oxygen atoms in total. The average molecular weight is 648 g/mol. The standard InChI is InChI=1S/C33H31ClFN5O6/c34-26-8-4-7-24-28(26)30(37-36-29(24)41)46-23-9-10-27(35)25(19-23)32(43)39-17-15-38(16-18-39)31(42)22-11-13-40(14-12-22)33(44)45-20-21-5-2-1-3-6-21/h1-10,19,22H,11-18,20H2,(H,36,41). The predicted octanol–water partition coefficient (Wildman–Crippen LogP) is 4.84. The van der Waals surface area contributed by atoms with E-state index < -0.39 is 23.4 Å². The maximum absolute atomic E-state index is 14.9. The van der Waals surface area contributed by atoms with Crippen LogP contribution in [0.4, 0.5) is 9.18 Å². The van der Waals surface area contributed by atoms with Gasteiger partial charge in [-0.25, -0.2) is 14.3 Å². The Morgan fingerprint density at radius 2 is 1.61 bits per heavy atom. The number of nitrogens with zero attached hydrogens (tertiary/aromatic N) is 4. The number of aromatic nitrogens is 2. The number of rotatable bonds is 6. The summed E-state index contributed by atoms with van der Waals surface area (Å²) in [5.41, 5.74) is 0.273. The van der Waals surface area contributed by atoms with Crippen LogP contribution < -0.4 is 10.3 Å². The predicted molar refractivity (Wildman–Crippen MR) is 167 cm³/mol. The van der Waals surface area contributed by atoms with Gasteiger partial charge in [-0.1, -0.05) is 48.0 Å². The highest BCUT2D eigenvalue weighted by Gasteiger charge is 2.33. The number of carbonyl (C=O) groups is 3. The number of likely N-dealkylation sites (tertiary alicyclic amines) is 1. The minimum Gasteiger partial charge on any atom is -0.445 e. The summed E-state index contributed by atoms with van der Waals surface area (Å²) in [6.07, 6.45) is 0.665. The van der Waals surface area contributed by atoms with E-state index in [4.69, 9.17) is 21.1 Å². The van der Waals surface area contributed by atoms with Crippen LogP contribution in [0, 0.1) is 11.7 Å². The fourth-order valence-corrected chi connectivity index (χ4v) is 6.00. The highest BCUT2D eigenvalue weighted by atomic mass is 35.5. The zero-order valence-electron chi connectivity index (χ0n) is 24.8. The number of ether oxygens (including phenoxy) is 2. The number of carbonyl (C=O) groups excluding carboxylic acids is 3. The van der Waals surface area contributed by atoms with E-state index in [9.17, 15) is 23.6 Å². The molecule has 0 saturated carbocycles. The molecule has 2 fully saturated rings. The number of benzene rings is 3. The second kappa shape index (κ2) is 13.6. The zero-order chi connectivity index (χ0) is 32.2. The normalized spacial score (nSPS) is 15.6. The van der Waals surface area contributed by atoms with Gasteiger partial charge in [0, 0.05) is 45.2 Å². The second-order valence-corrected chi connectivity index (χ2v) is 11.6. The summed E-state index contributed by atoms with van der Waals surface area (Å²) in [6.45, 7) is 2.15. The van der Waals surface area contributed by atoms with Crippen molar-refractivity contribution in [3.63, 3.8) is 0 Å². The van der Waals surface area contributed by atoms with Gasteiger partial charge >= 0.3 is 6.09 Å². The summed E-state index contributed by atoms with van der Waals surface area (Å²) < 4.78 is 26.1. The molecule has 46 heavy (non-hydrogen) atoms. The van der Waals surface area contributed by atoms with E-state index in [1.165, 1.54) is 17.0 Å². The lowest BCUT2D eigenvalue weighted by Crippen LogP contribution is -2.53. The van der Waals surface area contributed by atoms with Crippen LogP contribution in [0.25, 0.3) is 10.8 Å². The van der Waals surface area contributed by atoms with Crippen LogP contribution in [-0.2, 0) is 16.1 Å². The Balaban J connectivity index is 1.02. The second-order valence-electron chi connectivity index (χ2n) is 11.2. The van der Waals surface area contributed by atoms with E-state index in [0.29, 0.717) is 44.4 Å². The van der Waals surface area contributed by atoms with Gasteiger partial charge in [-0.2, -0.15) is 0 Å². The molecule has 0 radical (unpaired) electrons. The van der Waals surface area contributed by atoms with Crippen LogP contribution in [0.1, 0.15) is 28.8 Å². The number of hydrogen-bond donors (Lipinski definition) is 1. The molecule has 1 N–H and O–H groups in total. The Morgan fingerprint density at radius 1 is 0.891 bits per heavy atom. The third-order valence-electron chi connectivity index (χ3n) is 8.30. The summed E-state index contributed by atoms with van der Waals surface area (Å²) in [5.74, 6) is -1.35. The van der Waals surface area contributed by atoms with Crippen LogP contribution in [0.5, 0.6) is 11.6 Å². The molecule has 3 heterocycles. The maximum Gasteiger partial charge on any atom is 0.410 e. The molecule has 238 valence electrons. The Hall–Kier alpha value is -4.97. The van der Waals surface area contributed by atoms with Gasteiger partial charge in [-0.15, -0.1) is 5.10 Å². The number of hydrogen-bond acceptors (Lipinski definition) is 7. The lowest BCUT2D eigenvalue weighted by Gasteiger charge is -2.38. The van der Waals surface area contributed by atoms with Crippen molar-refractivity contribution in [2.75, 3.05) is 39.3 Å². The Bertz CT molecular complexity index is 1820. The van der Waals surface area contributed by atoms with Crippen molar-refractivity contribution in [3.05, 3.63) is 99.1 Å². The summed E-state index contributed by atoms with van der Waals surface area (Å²) in [5, 5.41) is 7.12. The fourth-order valence-electron chi connectivity index (χ4n) is 5.74. The number of nitrogens with one attached hydrogen (secondary N) is 1. The first kappa shape index (κ1) is 31.0. The lowest BCUT2D eigenvalue weighted by atomic mass is 9.95. The number of piperazine rings is 1. The molecule has 1 aromatic heterocycles. The van der Waals surface area contributed by atoms with Crippen molar-refractivity contribution in [3.8, 4) is 11.6 Å². The first-order valence-electron chi connectivity index (χ1n) is 15.0. The van der Waals surface area contributed by atoms with Gasteiger partial charge in [0.2, 0.25) is 11.8 Å². The molecular formula is C33H31ClFN5O6. The minimum absolute atomic E-state index is 0.00671. The van der Waals surface area contributed by atoms with Crippen LogP contribution in [0.15, 0.2) is 71.5 Å². The molecule has 0 aliphatic carbocycles. The summed E-state index contributed by atoms with van der Waals surface area (Å²) in [7, 11) is 0. The van der Waals surface area contributed by atoms with Crippen LogP contribution in [0.2, 0.25) is 5.02 Å². The first-order valence-corrected chi connectivity index (χ1v) is 15.3. The number of amides is 3. The van der Waals surface area contributed by atoms with Gasteiger partial charge in [0.1, 0.15) is 18.2 Å². The summed E-state index contributed by atoms with van der Waals surface area (Å²) in [6, 6.07) is 18.0. The molecule has 2 aliphatic heterocycles. The van der Waals surface area contributed by atoms with Crippen LogP contribution in [0.3, 0.4) is 0 Å². The third kappa shape index (κ3) is 6.66. The third-order valence-corrected chi connectivity index (χ3v) is 8.61. The zero-order valence-corrected chi connectivity index (χ0v) is 25.5. The molecule has 3 amide bonds. The first-order chi connectivity index (χ1) is 22.3. The Morgan fingerprint density at radius 3 is 2.35 bits per heavy atom. The van der Waals surface area contributed by atoms with Crippen molar-refractivity contribution in [2.45, 2.75) is 19.4 Å². The highest BCUT2D eigenvalue weighted by Crippen LogP contribution is 2.32. The quantitative estimate of drug-likeness (QED) is 0.318. The molecule has 4 aromatic rings. The van der Waals surface area contributed by atoms with E-state index in [1.807, 2.05) is 30.3 Å². The van der Waals surface area contributed by atoms with Gasteiger partial charge in [0.15, 0.2) is 0 Å². The Kier molecular flexibility index (Phi) is 9.16. The van der Waals surface area contributed by atoms with Crippen LogP contribution in [-0.4, -0.2) is 82.1 Å². The van der Waals surface area contributed by atoms with Gasteiger partial charge < -0.3 is 24.2 Å². The van der Waals surface area contributed by atoms with Gasteiger partial charge in [-0.3, -0.25) is 14.4 Å². The largest absolute Gasteiger partial charge is 0.445 e. The van der Waals surface area contributed by atoms with Gasteiger partial charge in [-0.05, 0) is 48.7 Å². The highest BCUT2D eigenvalue weighted by molar-refractivity contribution is 6.36. The van der Waals surface area contributed by atoms with E-state index in [1.54, 1.807) is 28.0 Å². The number of piperidine rings is 1. The van der Waals surface area contributed by atoms with Crippen molar-refractivity contribution in [1.82, 2.24) is 24.9 Å². The molecule has 2 aliphatic rings. The summed E-state index contributed by atoms with van der Waals surface area (Å²) in [4.78, 5) is 56.2. The lowest BCUT2D eigenvalue weighted by molar-refractivity contribution is -0.138.